The molecule has 0 unspecified atom stereocenters. The first-order chi connectivity index (χ1) is 11.8. The van der Waals surface area contributed by atoms with Gasteiger partial charge in [0.2, 0.25) is 5.95 Å². The lowest BCUT2D eigenvalue weighted by Crippen LogP contribution is -2.08. The highest BCUT2D eigenvalue weighted by molar-refractivity contribution is 5.58. The van der Waals surface area contributed by atoms with Crippen LogP contribution in [-0.2, 0) is 6.54 Å². The minimum atomic E-state index is 0.271. The maximum atomic E-state index is 5.45. The van der Waals surface area contributed by atoms with Gasteiger partial charge in [0.05, 0.1) is 26.5 Å². The molecule has 3 aromatic rings. The molecule has 1 N–H and O–H groups in total. The highest BCUT2D eigenvalue weighted by Gasteiger charge is 2.10. The van der Waals surface area contributed by atoms with Crippen molar-refractivity contribution in [2.75, 3.05) is 19.0 Å². The van der Waals surface area contributed by atoms with Crippen molar-refractivity contribution in [2.45, 2.75) is 13.5 Å². The SMILES string of the molecule is CCOc1nc(NCc2ccco2)nc(-c2cccc(OC)c2)n1. The van der Waals surface area contributed by atoms with Gasteiger partial charge in [-0.1, -0.05) is 12.1 Å². The number of furan rings is 1. The summed E-state index contributed by atoms with van der Waals surface area (Å²) < 4.78 is 16.0. The minimum Gasteiger partial charge on any atom is -0.497 e. The zero-order chi connectivity index (χ0) is 16.8. The standard InChI is InChI=1S/C17H18N4O3/c1-3-23-17-20-15(12-6-4-7-13(10-12)22-2)19-16(21-17)18-11-14-8-5-9-24-14/h4-10H,3,11H2,1-2H3,(H,18,19,20,21). The number of methoxy groups -OCH3 is 1. The van der Waals surface area contributed by atoms with Crippen LogP contribution in [0.4, 0.5) is 5.95 Å². The van der Waals surface area contributed by atoms with Gasteiger partial charge in [-0.2, -0.15) is 15.0 Å². The quantitative estimate of drug-likeness (QED) is 0.714. The number of benzene rings is 1. The second-order valence-electron chi connectivity index (χ2n) is 4.86. The van der Waals surface area contributed by atoms with Crippen molar-refractivity contribution in [2.24, 2.45) is 0 Å². The molecule has 0 atom stereocenters. The lowest BCUT2D eigenvalue weighted by atomic mass is 10.2. The van der Waals surface area contributed by atoms with Gasteiger partial charge < -0.3 is 19.2 Å². The summed E-state index contributed by atoms with van der Waals surface area (Å²) in [4.78, 5) is 13.1. The van der Waals surface area contributed by atoms with E-state index in [-0.39, 0.29) is 6.01 Å². The van der Waals surface area contributed by atoms with Crippen LogP contribution in [0.1, 0.15) is 12.7 Å². The molecule has 0 aliphatic heterocycles. The Morgan fingerprint density at radius 2 is 2.04 bits per heavy atom. The summed E-state index contributed by atoms with van der Waals surface area (Å²) in [5.41, 5.74) is 0.818. The molecule has 124 valence electrons. The van der Waals surface area contributed by atoms with Crippen molar-refractivity contribution in [1.82, 2.24) is 15.0 Å². The predicted octanol–water partition coefficient (Wildman–Crippen LogP) is 3.15. The van der Waals surface area contributed by atoms with Crippen LogP contribution in [0.25, 0.3) is 11.4 Å². The zero-order valence-corrected chi connectivity index (χ0v) is 13.5. The van der Waals surface area contributed by atoms with E-state index in [2.05, 4.69) is 20.3 Å². The van der Waals surface area contributed by atoms with Crippen LogP contribution in [0.15, 0.2) is 47.1 Å². The molecule has 0 aliphatic carbocycles. The number of rotatable bonds is 7. The number of anilines is 1. The van der Waals surface area contributed by atoms with E-state index < -0.39 is 0 Å². The van der Waals surface area contributed by atoms with E-state index in [0.29, 0.717) is 24.9 Å². The van der Waals surface area contributed by atoms with Gasteiger partial charge >= 0.3 is 6.01 Å². The maximum absolute atomic E-state index is 5.45. The van der Waals surface area contributed by atoms with E-state index in [1.54, 1.807) is 13.4 Å². The highest BCUT2D eigenvalue weighted by Crippen LogP contribution is 2.23. The van der Waals surface area contributed by atoms with Gasteiger partial charge in [0, 0.05) is 5.56 Å². The second-order valence-corrected chi connectivity index (χ2v) is 4.86. The van der Waals surface area contributed by atoms with E-state index >= 15 is 0 Å². The number of hydrogen-bond acceptors (Lipinski definition) is 7. The van der Waals surface area contributed by atoms with Crippen molar-refractivity contribution >= 4 is 5.95 Å². The van der Waals surface area contributed by atoms with Crippen molar-refractivity contribution in [3.8, 4) is 23.1 Å². The van der Waals surface area contributed by atoms with E-state index in [1.807, 2.05) is 43.3 Å². The molecular weight excluding hydrogens is 308 g/mol. The molecule has 24 heavy (non-hydrogen) atoms. The Morgan fingerprint density at radius 1 is 1.12 bits per heavy atom. The summed E-state index contributed by atoms with van der Waals surface area (Å²) in [5.74, 6) is 2.45. The molecule has 7 heteroatoms. The summed E-state index contributed by atoms with van der Waals surface area (Å²) >= 11 is 0. The maximum Gasteiger partial charge on any atom is 0.321 e. The summed E-state index contributed by atoms with van der Waals surface area (Å²) in [6, 6.07) is 11.5. The van der Waals surface area contributed by atoms with E-state index in [9.17, 15) is 0 Å². The lowest BCUT2D eigenvalue weighted by Gasteiger charge is -2.09. The van der Waals surface area contributed by atoms with Crippen LogP contribution in [-0.4, -0.2) is 28.7 Å². The van der Waals surface area contributed by atoms with Gasteiger partial charge in [0.25, 0.3) is 0 Å². The summed E-state index contributed by atoms with van der Waals surface area (Å²) in [6.45, 7) is 2.82. The molecule has 0 radical (unpaired) electrons. The molecule has 0 saturated heterocycles. The molecule has 2 heterocycles. The normalized spacial score (nSPS) is 10.4. The predicted molar refractivity (Wildman–Crippen MR) is 89.0 cm³/mol. The van der Waals surface area contributed by atoms with Crippen LogP contribution in [0.3, 0.4) is 0 Å². The molecule has 0 amide bonds. The number of hydrogen-bond donors (Lipinski definition) is 1. The Hall–Kier alpha value is -3.09. The third-order valence-electron chi connectivity index (χ3n) is 3.22. The Morgan fingerprint density at radius 3 is 2.79 bits per heavy atom. The third-order valence-corrected chi connectivity index (χ3v) is 3.22. The fourth-order valence-electron chi connectivity index (χ4n) is 2.10. The number of ether oxygens (including phenoxy) is 2. The molecule has 2 aromatic heterocycles. The Labute approximate surface area is 139 Å². The number of aromatic nitrogens is 3. The Kier molecular flexibility index (Phi) is 4.90. The van der Waals surface area contributed by atoms with Crippen molar-refractivity contribution in [1.29, 1.82) is 0 Å². The second kappa shape index (κ2) is 7.45. The molecule has 7 nitrogen and oxygen atoms in total. The fraction of sp³-hybridized carbons (Fsp3) is 0.235. The largest absolute Gasteiger partial charge is 0.497 e. The van der Waals surface area contributed by atoms with Gasteiger partial charge in [0.1, 0.15) is 11.5 Å². The van der Waals surface area contributed by atoms with Crippen LogP contribution in [0.2, 0.25) is 0 Å². The van der Waals surface area contributed by atoms with Crippen LogP contribution < -0.4 is 14.8 Å². The molecule has 0 spiro atoms. The molecule has 0 fully saturated rings. The van der Waals surface area contributed by atoms with Crippen LogP contribution in [0, 0.1) is 0 Å². The topological polar surface area (TPSA) is 82.3 Å². The third kappa shape index (κ3) is 3.81. The molecule has 3 rings (SSSR count). The van der Waals surface area contributed by atoms with Crippen molar-refractivity contribution in [3.63, 3.8) is 0 Å². The van der Waals surface area contributed by atoms with Crippen LogP contribution in [0.5, 0.6) is 11.8 Å². The average Bonchev–Trinajstić information content (AvgIpc) is 3.14. The number of nitrogens with zero attached hydrogens (tertiary/aromatic N) is 3. The monoisotopic (exact) mass is 326 g/mol. The van der Waals surface area contributed by atoms with Gasteiger partial charge in [-0.3, -0.25) is 0 Å². The Bertz CT molecular complexity index is 790. The molecular formula is C17H18N4O3. The summed E-state index contributed by atoms with van der Waals surface area (Å²) in [6.07, 6.45) is 1.62. The number of nitrogens with one attached hydrogen (secondary N) is 1. The van der Waals surface area contributed by atoms with E-state index in [0.717, 1.165) is 17.1 Å². The van der Waals surface area contributed by atoms with E-state index in [4.69, 9.17) is 13.9 Å². The summed E-state index contributed by atoms with van der Waals surface area (Å²) in [7, 11) is 1.62. The Balaban J connectivity index is 1.89. The van der Waals surface area contributed by atoms with Crippen molar-refractivity contribution in [3.05, 3.63) is 48.4 Å². The van der Waals surface area contributed by atoms with Gasteiger partial charge in [0.15, 0.2) is 5.82 Å². The minimum absolute atomic E-state index is 0.271. The molecule has 0 bridgehead atoms. The van der Waals surface area contributed by atoms with Gasteiger partial charge in [-0.15, -0.1) is 0 Å². The first-order valence-corrected chi connectivity index (χ1v) is 7.58. The zero-order valence-electron chi connectivity index (χ0n) is 13.5. The van der Waals surface area contributed by atoms with Crippen LogP contribution >= 0.6 is 0 Å². The van der Waals surface area contributed by atoms with Gasteiger partial charge in [-0.05, 0) is 31.2 Å². The molecule has 1 aromatic carbocycles. The highest BCUT2D eigenvalue weighted by atomic mass is 16.5. The van der Waals surface area contributed by atoms with E-state index in [1.165, 1.54) is 0 Å². The smallest absolute Gasteiger partial charge is 0.321 e. The fourth-order valence-corrected chi connectivity index (χ4v) is 2.10. The molecule has 0 aliphatic rings. The molecule has 0 saturated carbocycles. The first-order valence-electron chi connectivity index (χ1n) is 7.58. The van der Waals surface area contributed by atoms with Gasteiger partial charge in [-0.25, -0.2) is 0 Å². The lowest BCUT2D eigenvalue weighted by molar-refractivity contribution is 0.312. The average molecular weight is 326 g/mol. The summed E-state index contributed by atoms with van der Waals surface area (Å²) in [5, 5.41) is 3.12. The first kappa shape index (κ1) is 15.8. The van der Waals surface area contributed by atoms with Crippen molar-refractivity contribution < 1.29 is 13.9 Å².